The van der Waals surface area contributed by atoms with Crippen LogP contribution >= 0.6 is 0 Å². The number of amides is 3. The predicted molar refractivity (Wildman–Crippen MR) is 104 cm³/mol. The zero-order chi connectivity index (χ0) is 20.5. The first-order valence-corrected chi connectivity index (χ1v) is 10.2. The first-order chi connectivity index (χ1) is 14.0. The molecule has 3 amide bonds. The van der Waals surface area contributed by atoms with Gasteiger partial charge in [-0.3, -0.25) is 14.4 Å². The Bertz CT molecular complexity index is 827. The van der Waals surface area contributed by atoms with Crippen molar-refractivity contribution in [1.82, 2.24) is 15.1 Å². The number of aliphatic hydroxyl groups is 1. The summed E-state index contributed by atoms with van der Waals surface area (Å²) in [5.41, 5.74) is 2.20. The lowest BCUT2D eigenvalue weighted by Crippen LogP contribution is -2.58. The number of rotatable bonds is 5. The van der Waals surface area contributed by atoms with E-state index in [0.29, 0.717) is 32.5 Å². The summed E-state index contributed by atoms with van der Waals surface area (Å²) in [6.45, 7) is 2.85. The van der Waals surface area contributed by atoms with E-state index in [1.807, 2.05) is 19.1 Å². The van der Waals surface area contributed by atoms with Crippen molar-refractivity contribution in [2.24, 2.45) is 5.92 Å². The zero-order valence-corrected chi connectivity index (χ0v) is 16.6. The van der Waals surface area contributed by atoms with Gasteiger partial charge in [0.15, 0.2) is 0 Å². The van der Waals surface area contributed by atoms with Crippen LogP contribution in [0.15, 0.2) is 18.2 Å². The number of piperazine rings is 1. The number of fused-ring (bicyclic) bond motifs is 2. The van der Waals surface area contributed by atoms with E-state index in [2.05, 4.69) is 11.4 Å². The molecule has 2 saturated heterocycles. The Balaban J connectivity index is 1.42. The van der Waals surface area contributed by atoms with Crippen LogP contribution in [0, 0.1) is 5.92 Å². The number of carbonyl (C=O) groups excluding carboxylic acids is 3. The fourth-order valence-electron chi connectivity index (χ4n) is 4.87. The zero-order valence-electron chi connectivity index (χ0n) is 16.6. The van der Waals surface area contributed by atoms with Gasteiger partial charge in [0, 0.05) is 25.6 Å². The molecule has 0 spiro atoms. The van der Waals surface area contributed by atoms with E-state index in [4.69, 9.17) is 9.84 Å². The molecule has 156 valence electrons. The van der Waals surface area contributed by atoms with Gasteiger partial charge in [0.05, 0.1) is 25.1 Å². The normalized spacial score (nSPS) is 25.4. The molecule has 1 aromatic rings. The molecule has 0 saturated carbocycles. The maximum absolute atomic E-state index is 12.9. The van der Waals surface area contributed by atoms with Crippen molar-refractivity contribution in [1.29, 1.82) is 0 Å². The number of hydrogen-bond acceptors (Lipinski definition) is 5. The molecule has 2 fully saturated rings. The molecule has 0 bridgehead atoms. The highest BCUT2D eigenvalue weighted by atomic mass is 16.5. The van der Waals surface area contributed by atoms with Crippen molar-refractivity contribution in [3.8, 4) is 5.75 Å². The average Bonchev–Trinajstić information content (AvgIpc) is 3.35. The van der Waals surface area contributed by atoms with Gasteiger partial charge in [0.2, 0.25) is 17.7 Å². The summed E-state index contributed by atoms with van der Waals surface area (Å²) in [4.78, 5) is 40.6. The molecule has 3 heterocycles. The van der Waals surface area contributed by atoms with Gasteiger partial charge in [-0.2, -0.15) is 0 Å². The Morgan fingerprint density at radius 2 is 2.17 bits per heavy atom. The van der Waals surface area contributed by atoms with Crippen LogP contribution in [0.25, 0.3) is 0 Å². The van der Waals surface area contributed by atoms with Gasteiger partial charge in [0.25, 0.3) is 0 Å². The Morgan fingerprint density at radius 1 is 1.34 bits per heavy atom. The van der Waals surface area contributed by atoms with Gasteiger partial charge in [-0.05, 0) is 30.0 Å². The third kappa shape index (κ3) is 3.69. The van der Waals surface area contributed by atoms with Crippen LogP contribution in [0.5, 0.6) is 5.75 Å². The quantitative estimate of drug-likeness (QED) is 0.727. The van der Waals surface area contributed by atoms with Crippen LogP contribution < -0.4 is 10.1 Å². The van der Waals surface area contributed by atoms with Crippen molar-refractivity contribution in [3.63, 3.8) is 0 Å². The minimum atomic E-state index is -0.604. The molecule has 3 aliphatic heterocycles. The number of ether oxygens (including phenoxy) is 1. The third-order valence-electron chi connectivity index (χ3n) is 6.25. The van der Waals surface area contributed by atoms with E-state index >= 15 is 0 Å². The molecule has 0 aromatic heterocycles. The topological polar surface area (TPSA) is 99.2 Å². The van der Waals surface area contributed by atoms with Gasteiger partial charge < -0.3 is 25.0 Å². The minimum Gasteiger partial charge on any atom is -0.493 e. The number of aliphatic hydroxyl groups excluding tert-OH is 1. The first-order valence-electron chi connectivity index (χ1n) is 10.2. The van der Waals surface area contributed by atoms with E-state index in [9.17, 15) is 14.4 Å². The van der Waals surface area contributed by atoms with Crippen LogP contribution in [0.1, 0.15) is 30.9 Å². The van der Waals surface area contributed by atoms with Crippen LogP contribution in [0.2, 0.25) is 0 Å². The lowest BCUT2D eigenvalue weighted by atomic mass is 9.96. The monoisotopic (exact) mass is 401 g/mol. The lowest BCUT2D eigenvalue weighted by Gasteiger charge is -2.39. The van der Waals surface area contributed by atoms with Gasteiger partial charge in [-0.25, -0.2) is 0 Å². The van der Waals surface area contributed by atoms with E-state index < -0.39 is 12.5 Å². The molecule has 3 aliphatic rings. The maximum atomic E-state index is 12.9. The number of hydrogen-bond donors (Lipinski definition) is 2. The van der Waals surface area contributed by atoms with Crippen LogP contribution in [-0.4, -0.2) is 71.0 Å². The Labute approximate surface area is 169 Å². The fourth-order valence-corrected chi connectivity index (χ4v) is 4.87. The number of benzene rings is 1. The van der Waals surface area contributed by atoms with Crippen molar-refractivity contribution in [2.45, 2.75) is 44.8 Å². The van der Waals surface area contributed by atoms with Crippen molar-refractivity contribution < 1.29 is 24.2 Å². The average molecular weight is 401 g/mol. The van der Waals surface area contributed by atoms with Crippen molar-refractivity contribution in [3.05, 3.63) is 29.3 Å². The Kier molecular flexibility index (Phi) is 5.45. The molecular weight excluding hydrogens is 374 g/mol. The molecule has 2 N–H and O–H groups in total. The summed E-state index contributed by atoms with van der Waals surface area (Å²) in [5.74, 6) is -0.0330. The summed E-state index contributed by atoms with van der Waals surface area (Å²) < 4.78 is 5.52. The summed E-state index contributed by atoms with van der Waals surface area (Å²) in [7, 11) is 0. The number of nitrogens with one attached hydrogen (secondary N) is 1. The molecule has 8 nitrogen and oxygen atoms in total. The summed E-state index contributed by atoms with van der Waals surface area (Å²) in [6.07, 6.45) is 2.10. The molecule has 0 unspecified atom stereocenters. The maximum Gasteiger partial charge on any atom is 0.248 e. The second-order valence-corrected chi connectivity index (χ2v) is 7.96. The summed E-state index contributed by atoms with van der Waals surface area (Å²) >= 11 is 0. The first kappa shape index (κ1) is 19.7. The van der Waals surface area contributed by atoms with E-state index in [1.54, 1.807) is 4.90 Å². The highest BCUT2D eigenvalue weighted by Crippen LogP contribution is 2.35. The highest BCUT2D eigenvalue weighted by molar-refractivity contribution is 5.88. The Morgan fingerprint density at radius 3 is 2.93 bits per heavy atom. The molecule has 29 heavy (non-hydrogen) atoms. The molecule has 0 aliphatic carbocycles. The van der Waals surface area contributed by atoms with Gasteiger partial charge in [-0.15, -0.1) is 0 Å². The van der Waals surface area contributed by atoms with E-state index in [-0.39, 0.29) is 36.4 Å². The van der Waals surface area contributed by atoms with Gasteiger partial charge in [0.1, 0.15) is 12.4 Å². The second kappa shape index (κ2) is 8.02. The van der Waals surface area contributed by atoms with Gasteiger partial charge >= 0.3 is 0 Å². The van der Waals surface area contributed by atoms with Crippen LogP contribution in [0.4, 0.5) is 0 Å². The fraction of sp³-hybridized carbons (Fsp3) is 0.571. The number of carbonyl (C=O) groups is 3. The minimum absolute atomic E-state index is 0.0298. The molecular formula is C21H27N3O5. The Hall–Kier alpha value is -2.61. The standard InChI is InChI=1S/C21H27N3O5/c1-2-17-16(8-15-10-23(20(27)12-25)11-19(26)24(15)17)21(28)22-9-13-3-4-18-14(7-13)5-6-29-18/h3-4,7,15-17,25H,2,5-6,8-12H2,1H3,(H,22,28)/t15-,16-,17-/m0/s1. The summed E-state index contributed by atoms with van der Waals surface area (Å²) in [5, 5.41) is 12.1. The largest absolute Gasteiger partial charge is 0.493 e. The molecule has 4 rings (SSSR count). The van der Waals surface area contributed by atoms with Crippen molar-refractivity contribution in [2.75, 3.05) is 26.3 Å². The molecule has 3 atom stereocenters. The predicted octanol–water partition coefficient (Wildman–Crippen LogP) is 0.0679. The molecule has 1 aromatic carbocycles. The number of nitrogens with zero attached hydrogens (tertiary/aromatic N) is 2. The van der Waals surface area contributed by atoms with Gasteiger partial charge in [-0.1, -0.05) is 19.1 Å². The van der Waals surface area contributed by atoms with Crippen LogP contribution in [-0.2, 0) is 27.3 Å². The van der Waals surface area contributed by atoms with Crippen molar-refractivity contribution >= 4 is 17.7 Å². The highest BCUT2D eigenvalue weighted by Gasteiger charge is 2.49. The molecule has 8 heteroatoms. The SMILES string of the molecule is CC[C@H]1[C@@H](C(=O)NCc2ccc3c(c2)CCO3)C[C@H]2CN(C(=O)CO)CC(=O)N21. The summed E-state index contributed by atoms with van der Waals surface area (Å²) in [6, 6.07) is 5.64. The van der Waals surface area contributed by atoms with Crippen LogP contribution in [0.3, 0.4) is 0 Å². The van der Waals surface area contributed by atoms with E-state index in [0.717, 1.165) is 17.7 Å². The smallest absolute Gasteiger partial charge is 0.248 e. The molecule has 0 radical (unpaired) electrons. The lowest BCUT2D eigenvalue weighted by molar-refractivity contribution is -0.150. The van der Waals surface area contributed by atoms with E-state index in [1.165, 1.54) is 10.5 Å². The third-order valence-corrected chi connectivity index (χ3v) is 6.25. The second-order valence-electron chi connectivity index (χ2n) is 7.96.